The lowest BCUT2D eigenvalue weighted by atomic mass is 10.1. The highest BCUT2D eigenvalue weighted by Gasteiger charge is 2.11. The molecule has 0 radical (unpaired) electrons. The fourth-order valence-corrected chi connectivity index (χ4v) is 2.02. The number of benzene rings is 1. The van der Waals surface area contributed by atoms with E-state index in [0.29, 0.717) is 0 Å². The van der Waals surface area contributed by atoms with Crippen LogP contribution in [0.5, 0.6) is 0 Å². The highest BCUT2D eigenvalue weighted by Crippen LogP contribution is 2.22. The standard InChI is InChI=1S/C14H18N2O/c1-3-6-14-15-9-10-16(14)13-8-5-4-7-12(13)11(2)17/h4-5,7-11,17H,3,6H2,1-2H3. The van der Waals surface area contributed by atoms with Gasteiger partial charge in [-0.2, -0.15) is 0 Å². The van der Waals surface area contributed by atoms with E-state index in [1.165, 1.54) is 0 Å². The monoisotopic (exact) mass is 230 g/mol. The van der Waals surface area contributed by atoms with E-state index < -0.39 is 6.10 Å². The summed E-state index contributed by atoms with van der Waals surface area (Å²) in [5, 5.41) is 9.79. The minimum atomic E-state index is -0.469. The summed E-state index contributed by atoms with van der Waals surface area (Å²) in [7, 11) is 0. The van der Waals surface area contributed by atoms with Crippen LogP contribution in [0.3, 0.4) is 0 Å². The van der Waals surface area contributed by atoms with E-state index in [-0.39, 0.29) is 0 Å². The molecule has 3 nitrogen and oxygen atoms in total. The summed E-state index contributed by atoms with van der Waals surface area (Å²) in [4.78, 5) is 4.36. The minimum Gasteiger partial charge on any atom is -0.389 e. The van der Waals surface area contributed by atoms with Gasteiger partial charge in [0.25, 0.3) is 0 Å². The lowest BCUT2D eigenvalue weighted by Crippen LogP contribution is -2.05. The number of para-hydroxylation sites is 1. The number of aromatic nitrogens is 2. The molecule has 90 valence electrons. The van der Waals surface area contributed by atoms with Crippen molar-refractivity contribution in [3.63, 3.8) is 0 Å². The van der Waals surface area contributed by atoms with E-state index in [0.717, 1.165) is 29.9 Å². The van der Waals surface area contributed by atoms with Crippen LogP contribution < -0.4 is 0 Å². The SMILES string of the molecule is CCCc1nccn1-c1ccccc1C(C)O. The normalized spacial score (nSPS) is 12.6. The summed E-state index contributed by atoms with van der Waals surface area (Å²) in [6.07, 6.45) is 5.30. The Morgan fingerprint density at radius 1 is 1.35 bits per heavy atom. The first kappa shape index (κ1) is 11.9. The number of rotatable bonds is 4. The first-order chi connectivity index (χ1) is 8.24. The largest absolute Gasteiger partial charge is 0.389 e. The van der Waals surface area contributed by atoms with Gasteiger partial charge in [-0.05, 0) is 19.4 Å². The molecule has 0 fully saturated rings. The highest BCUT2D eigenvalue weighted by atomic mass is 16.3. The Morgan fingerprint density at radius 3 is 2.82 bits per heavy atom. The Balaban J connectivity index is 2.48. The van der Waals surface area contributed by atoms with E-state index >= 15 is 0 Å². The maximum Gasteiger partial charge on any atom is 0.113 e. The third-order valence-electron chi connectivity index (χ3n) is 2.84. The summed E-state index contributed by atoms with van der Waals surface area (Å²) in [6.45, 7) is 3.93. The third kappa shape index (κ3) is 2.39. The molecular formula is C14H18N2O. The van der Waals surface area contributed by atoms with Crippen molar-refractivity contribution < 1.29 is 5.11 Å². The molecule has 0 aliphatic carbocycles. The lowest BCUT2D eigenvalue weighted by Gasteiger charge is -2.14. The molecule has 1 heterocycles. The number of imidazole rings is 1. The van der Waals surface area contributed by atoms with Crippen LogP contribution in [0.2, 0.25) is 0 Å². The third-order valence-corrected chi connectivity index (χ3v) is 2.84. The van der Waals surface area contributed by atoms with E-state index in [1.54, 1.807) is 6.92 Å². The molecule has 17 heavy (non-hydrogen) atoms. The van der Waals surface area contributed by atoms with Gasteiger partial charge in [-0.25, -0.2) is 4.98 Å². The topological polar surface area (TPSA) is 38.0 Å². The summed E-state index contributed by atoms with van der Waals surface area (Å²) in [5.74, 6) is 1.04. The van der Waals surface area contributed by atoms with Crippen molar-refractivity contribution in [1.82, 2.24) is 9.55 Å². The maximum absolute atomic E-state index is 9.79. The molecule has 0 saturated carbocycles. The van der Waals surface area contributed by atoms with Crippen LogP contribution in [-0.2, 0) is 6.42 Å². The summed E-state index contributed by atoms with van der Waals surface area (Å²) in [5.41, 5.74) is 1.95. The molecule has 2 aromatic rings. The number of hydrogen-bond acceptors (Lipinski definition) is 2. The molecule has 0 aliphatic rings. The Morgan fingerprint density at radius 2 is 2.12 bits per heavy atom. The van der Waals surface area contributed by atoms with Crippen molar-refractivity contribution in [3.8, 4) is 5.69 Å². The van der Waals surface area contributed by atoms with Crippen LogP contribution in [-0.4, -0.2) is 14.7 Å². The maximum atomic E-state index is 9.79. The predicted octanol–water partition coefficient (Wildman–Crippen LogP) is 2.88. The molecule has 1 aromatic heterocycles. The first-order valence-corrected chi connectivity index (χ1v) is 6.03. The zero-order valence-corrected chi connectivity index (χ0v) is 10.3. The molecule has 2 rings (SSSR count). The quantitative estimate of drug-likeness (QED) is 0.877. The van der Waals surface area contributed by atoms with Gasteiger partial charge in [-0.1, -0.05) is 25.1 Å². The fraction of sp³-hybridized carbons (Fsp3) is 0.357. The fourth-order valence-electron chi connectivity index (χ4n) is 2.02. The molecule has 0 amide bonds. The summed E-state index contributed by atoms with van der Waals surface area (Å²) >= 11 is 0. The van der Waals surface area contributed by atoms with E-state index in [9.17, 15) is 5.11 Å². The van der Waals surface area contributed by atoms with Crippen molar-refractivity contribution in [1.29, 1.82) is 0 Å². The van der Waals surface area contributed by atoms with Gasteiger partial charge in [0, 0.05) is 24.4 Å². The van der Waals surface area contributed by atoms with Crippen LogP contribution in [0.25, 0.3) is 5.69 Å². The van der Waals surface area contributed by atoms with Gasteiger partial charge >= 0.3 is 0 Å². The van der Waals surface area contributed by atoms with Gasteiger partial charge in [0.15, 0.2) is 0 Å². The molecule has 1 atom stereocenters. The van der Waals surface area contributed by atoms with Gasteiger partial charge in [0.2, 0.25) is 0 Å². The van der Waals surface area contributed by atoms with Crippen molar-refractivity contribution in [2.45, 2.75) is 32.8 Å². The van der Waals surface area contributed by atoms with Crippen molar-refractivity contribution in [2.75, 3.05) is 0 Å². The van der Waals surface area contributed by atoms with Gasteiger partial charge in [-0.3, -0.25) is 0 Å². The van der Waals surface area contributed by atoms with E-state index in [2.05, 4.69) is 16.5 Å². The molecule has 3 heteroatoms. The second-order valence-electron chi connectivity index (χ2n) is 4.20. The van der Waals surface area contributed by atoms with Crippen molar-refractivity contribution in [3.05, 3.63) is 48.0 Å². The molecule has 1 aromatic carbocycles. The van der Waals surface area contributed by atoms with E-state index in [1.807, 2.05) is 36.7 Å². The predicted molar refractivity (Wildman–Crippen MR) is 68.2 cm³/mol. The number of aliphatic hydroxyl groups is 1. The summed E-state index contributed by atoms with van der Waals surface area (Å²) in [6, 6.07) is 7.90. The smallest absolute Gasteiger partial charge is 0.113 e. The van der Waals surface area contributed by atoms with Crippen LogP contribution >= 0.6 is 0 Å². The Bertz CT molecular complexity index is 488. The zero-order valence-electron chi connectivity index (χ0n) is 10.3. The number of aliphatic hydroxyl groups excluding tert-OH is 1. The Labute approximate surface area is 102 Å². The molecule has 1 unspecified atom stereocenters. The van der Waals surface area contributed by atoms with Gasteiger partial charge in [0.05, 0.1) is 11.8 Å². The van der Waals surface area contributed by atoms with E-state index in [4.69, 9.17) is 0 Å². The number of nitrogens with zero attached hydrogens (tertiary/aromatic N) is 2. The minimum absolute atomic E-state index is 0.469. The molecule has 1 N–H and O–H groups in total. The molecule has 0 bridgehead atoms. The average Bonchev–Trinajstić information content (AvgIpc) is 2.77. The van der Waals surface area contributed by atoms with Crippen molar-refractivity contribution in [2.24, 2.45) is 0 Å². The van der Waals surface area contributed by atoms with Gasteiger partial charge in [0.1, 0.15) is 5.82 Å². The molecule has 0 spiro atoms. The average molecular weight is 230 g/mol. The number of hydrogen-bond donors (Lipinski definition) is 1. The highest BCUT2D eigenvalue weighted by molar-refractivity contribution is 5.43. The van der Waals surface area contributed by atoms with Crippen molar-refractivity contribution >= 4 is 0 Å². The Hall–Kier alpha value is -1.61. The molecule has 0 saturated heterocycles. The summed E-state index contributed by atoms with van der Waals surface area (Å²) < 4.78 is 2.06. The van der Waals surface area contributed by atoms with Crippen LogP contribution in [0, 0.1) is 0 Å². The second kappa shape index (κ2) is 5.15. The van der Waals surface area contributed by atoms with Crippen LogP contribution in [0.15, 0.2) is 36.7 Å². The molecule has 0 aliphatic heterocycles. The Kier molecular flexibility index (Phi) is 3.59. The van der Waals surface area contributed by atoms with Crippen LogP contribution in [0.4, 0.5) is 0 Å². The van der Waals surface area contributed by atoms with Gasteiger partial charge < -0.3 is 9.67 Å². The second-order valence-corrected chi connectivity index (χ2v) is 4.20. The van der Waals surface area contributed by atoms with Gasteiger partial charge in [-0.15, -0.1) is 0 Å². The number of aryl methyl sites for hydroxylation is 1. The zero-order chi connectivity index (χ0) is 12.3. The molecular weight excluding hydrogens is 212 g/mol. The lowest BCUT2D eigenvalue weighted by molar-refractivity contribution is 0.199. The first-order valence-electron chi connectivity index (χ1n) is 6.03. The van der Waals surface area contributed by atoms with Crippen LogP contribution in [0.1, 0.15) is 37.8 Å².